The lowest BCUT2D eigenvalue weighted by Crippen LogP contribution is -2.32. The number of halogens is 4. The Labute approximate surface area is 241 Å². The molecule has 41 heavy (non-hydrogen) atoms. The Morgan fingerprint density at radius 3 is 2.29 bits per heavy atom. The Morgan fingerprint density at radius 2 is 1.71 bits per heavy atom. The lowest BCUT2D eigenvalue weighted by atomic mass is 9.68. The quantitative estimate of drug-likeness (QED) is 0.156. The van der Waals surface area contributed by atoms with Crippen molar-refractivity contribution >= 4 is 40.7 Å². The van der Waals surface area contributed by atoms with Crippen LogP contribution in [-0.4, -0.2) is 33.6 Å². The summed E-state index contributed by atoms with van der Waals surface area (Å²) in [4.78, 5) is 52.0. The van der Waals surface area contributed by atoms with Crippen molar-refractivity contribution in [1.82, 2.24) is 4.57 Å². The van der Waals surface area contributed by atoms with E-state index in [2.05, 4.69) is 5.32 Å². The van der Waals surface area contributed by atoms with E-state index < -0.39 is 45.9 Å². The van der Waals surface area contributed by atoms with Crippen molar-refractivity contribution in [3.8, 4) is 0 Å². The number of Topliss-reactive ketones (excluding diaryl/α,β-unsaturated/α-hetero) is 2. The van der Waals surface area contributed by atoms with Gasteiger partial charge in [0, 0.05) is 42.9 Å². The predicted molar refractivity (Wildman–Crippen MR) is 147 cm³/mol. The number of carbonyl (C=O) groups is 4. The zero-order chi connectivity index (χ0) is 30.3. The van der Waals surface area contributed by atoms with Gasteiger partial charge in [0.15, 0.2) is 17.5 Å². The van der Waals surface area contributed by atoms with Crippen molar-refractivity contribution in [3.05, 3.63) is 51.6 Å². The Kier molecular flexibility index (Phi) is 8.73. The molecule has 7 nitrogen and oxygen atoms in total. The molecule has 0 saturated heterocycles. The van der Waals surface area contributed by atoms with Crippen LogP contribution >= 0.6 is 11.6 Å². The molecule has 0 bridgehead atoms. The van der Waals surface area contributed by atoms with Gasteiger partial charge >= 0.3 is 5.97 Å². The van der Waals surface area contributed by atoms with E-state index in [1.807, 2.05) is 27.7 Å². The molecule has 1 aliphatic carbocycles. The smallest absolute Gasteiger partial charge is 0.306 e. The number of carbonyl (C=O) groups excluding carboxylic acids is 4. The van der Waals surface area contributed by atoms with Gasteiger partial charge in [-0.3, -0.25) is 19.2 Å². The van der Waals surface area contributed by atoms with Gasteiger partial charge in [0.2, 0.25) is 11.6 Å². The molecule has 1 N–H and O–H groups in total. The van der Waals surface area contributed by atoms with Crippen LogP contribution in [0, 0.1) is 28.8 Å². The van der Waals surface area contributed by atoms with Crippen LogP contribution in [0.4, 0.5) is 18.9 Å². The minimum Gasteiger partial charge on any atom is -0.460 e. The summed E-state index contributed by atoms with van der Waals surface area (Å²) < 4.78 is 47.6. The van der Waals surface area contributed by atoms with Crippen molar-refractivity contribution in [2.45, 2.75) is 91.2 Å². The van der Waals surface area contributed by atoms with Gasteiger partial charge in [-0.2, -0.15) is 0 Å². The SMILES string of the molecule is CC1(CC(=O)C(=O)c2c(Cl)c(C(=O)Nc3cc(F)c(F)c(F)c3)c3n2CCC3)CCC(CC(=O)OC(C)(C)C)CC1. The normalized spacial score (nSPS) is 20.4. The molecule has 1 amide bonds. The summed E-state index contributed by atoms with van der Waals surface area (Å²) in [5.74, 6) is -6.95. The van der Waals surface area contributed by atoms with E-state index in [4.69, 9.17) is 16.3 Å². The van der Waals surface area contributed by atoms with Crippen LogP contribution in [0.2, 0.25) is 5.02 Å². The molecular formula is C30H34ClF3N2O5. The number of nitrogens with one attached hydrogen (secondary N) is 1. The first-order chi connectivity index (χ1) is 19.1. The van der Waals surface area contributed by atoms with Gasteiger partial charge in [-0.25, -0.2) is 13.2 Å². The van der Waals surface area contributed by atoms with Crippen LogP contribution in [0.1, 0.15) is 99.2 Å². The number of hydrogen-bond acceptors (Lipinski definition) is 5. The number of anilines is 1. The topological polar surface area (TPSA) is 94.5 Å². The molecule has 1 saturated carbocycles. The Hall–Kier alpha value is -3.14. The molecule has 0 spiro atoms. The van der Waals surface area contributed by atoms with E-state index in [9.17, 15) is 32.3 Å². The fraction of sp³-hybridized carbons (Fsp3) is 0.533. The average molecular weight is 595 g/mol. The zero-order valence-electron chi connectivity index (χ0n) is 23.6. The van der Waals surface area contributed by atoms with E-state index in [0.29, 0.717) is 56.5 Å². The van der Waals surface area contributed by atoms with E-state index in [1.165, 1.54) is 0 Å². The maximum atomic E-state index is 13.7. The number of benzene rings is 1. The van der Waals surface area contributed by atoms with E-state index >= 15 is 0 Å². The number of fused-ring (bicyclic) bond motifs is 1. The van der Waals surface area contributed by atoms with Gasteiger partial charge in [-0.15, -0.1) is 0 Å². The van der Waals surface area contributed by atoms with E-state index in [1.54, 1.807) is 4.57 Å². The first-order valence-electron chi connectivity index (χ1n) is 13.7. The van der Waals surface area contributed by atoms with Crippen LogP contribution in [0.15, 0.2) is 12.1 Å². The number of ether oxygens (including phenoxy) is 1. The van der Waals surface area contributed by atoms with Gasteiger partial charge in [0.25, 0.3) is 5.91 Å². The standard InChI is InChI=1S/C30H34ClF3N2O5/c1-29(2,3)41-22(38)12-16-7-9-30(4,10-8-16)15-21(37)27(39)26-24(31)23(20-6-5-11-36(20)26)28(40)35-17-13-18(32)25(34)19(33)14-17/h13-14,16H,5-12,15H2,1-4H3,(H,35,40). The predicted octanol–water partition coefficient (Wildman–Crippen LogP) is 6.83. The Bertz CT molecular complexity index is 1380. The number of hydrogen-bond donors (Lipinski definition) is 1. The fourth-order valence-electron chi connectivity index (χ4n) is 5.79. The lowest BCUT2D eigenvalue weighted by Gasteiger charge is -2.36. The van der Waals surface area contributed by atoms with Gasteiger partial charge in [0.05, 0.1) is 10.6 Å². The van der Waals surface area contributed by atoms with Gasteiger partial charge in [-0.1, -0.05) is 18.5 Å². The number of amides is 1. The van der Waals surface area contributed by atoms with Crippen molar-refractivity contribution in [1.29, 1.82) is 0 Å². The first kappa shape index (κ1) is 30.8. The molecule has 1 fully saturated rings. The van der Waals surface area contributed by atoms with Gasteiger partial charge < -0.3 is 14.6 Å². The Morgan fingerprint density at radius 1 is 1.10 bits per heavy atom. The molecule has 2 heterocycles. The van der Waals surface area contributed by atoms with Gasteiger partial charge in [0.1, 0.15) is 11.3 Å². The summed E-state index contributed by atoms with van der Waals surface area (Å²) in [6.07, 6.45) is 4.12. The minimum atomic E-state index is -1.66. The highest BCUT2D eigenvalue weighted by Crippen LogP contribution is 2.43. The van der Waals surface area contributed by atoms with Crippen LogP contribution in [0.3, 0.4) is 0 Å². The number of ketones is 2. The third-order valence-corrected chi connectivity index (χ3v) is 8.19. The summed E-state index contributed by atoms with van der Waals surface area (Å²) in [6.45, 7) is 7.79. The lowest BCUT2D eigenvalue weighted by molar-refractivity contribution is -0.156. The number of rotatable bonds is 8. The highest BCUT2D eigenvalue weighted by Gasteiger charge is 2.39. The maximum absolute atomic E-state index is 13.7. The number of aromatic nitrogens is 1. The van der Waals surface area contributed by atoms with Crippen LogP contribution in [0.25, 0.3) is 0 Å². The van der Waals surface area contributed by atoms with E-state index in [-0.39, 0.29) is 40.3 Å². The second-order valence-corrected chi connectivity index (χ2v) is 12.8. The molecule has 1 aliphatic heterocycles. The van der Waals surface area contributed by atoms with Crippen molar-refractivity contribution in [2.75, 3.05) is 5.32 Å². The van der Waals surface area contributed by atoms with Crippen LogP contribution in [-0.2, 0) is 27.3 Å². The molecular weight excluding hydrogens is 561 g/mol. The number of esters is 1. The minimum absolute atomic E-state index is 0.00248. The highest BCUT2D eigenvalue weighted by atomic mass is 35.5. The first-order valence-corrected chi connectivity index (χ1v) is 14.1. The molecule has 1 aromatic heterocycles. The molecule has 0 unspecified atom stereocenters. The van der Waals surface area contributed by atoms with Crippen LogP contribution < -0.4 is 5.32 Å². The Balaban J connectivity index is 1.46. The second kappa shape index (κ2) is 11.6. The largest absolute Gasteiger partial charge is 0.460 e. The second-order valence-electron chi connectivity index (χ2n) is 12.4. The van der Waals surface area contributed by atoms with Crippen molar-refractivity contribution in [3.63, 3.8) is 0 Å². The molecule has 0 atom stereocenters. The average Bonchev–Trinajstić information content (AvgIpc) is 3.41. The molecule has 4 rings (SSSR count). The van der Waals surface area contributed by atoms with E-state index in [0.717, 1.165) is 12.8 Å². The highest BCUT2D eigenvalue weighted by molar-refractivity contribution is 6.48. The summed E-state index contributed by atoms with van der Waals surface area (Å²) >= 11 is 6.52. The summed E-state index contributed by atoms with van der Waals surface area (Å²) in [5.41, 5.74) is -0.987. The number of nitrogens with zero attached hydrogens (tertiary/aromatic N) is 1. The third kappa shape index (κ3) is 6.85. The molecule has 11 heteroatoms. The van der Waals surface area contributed by atoms with Gasteiger partial charge in [-0.05, 0) is 70.6 Å². The van der Waals surface area contributed by atoms with Crippen molar-refractivity contribution < 1.29 is 37.1 Å². The molecule has 2 aromatic rings. The molecule has 0 radical (unpaired) electrons. The molecule has 222 valence electrons. The summed E-state index contributed by atoms with van der Waals surface area (Å²) in [6, 6.07) is 1.28. The third-order valence-electron chi connectivity index (χ3n) is 7.82. The van der Waals surface area contributed by atoms with Crippen molar-refractivity contribution in [2.24, 2.45) is 11.3 Å². The molecule has 1 aromatic carbocycles. The summed E-state index contributed by atoms with van der Waals surface area (Å²) in [7, 11) is 0. The summed E-state index contributed by atoms with van der Waals surface area (Å²) in [5, 5.41) is 2.10. The maximum Gasteiger partial charge on any atom is 0.306 e. The fourth-order valence-corrected chi connectivity index (χ4v) is 6.18. The zero-order valence-corrected chi connectivity index (χ0v) is 24.4. The molecule has 2 aliphatic rings. The monoisotopic (exact) mass is 594 g/mol. The van der Waals surface area contributed by atoms with Crippen LogP contribution in [0.5, 0.6) is 0 Å².